The van der Waals surface area contributed by atoms with Crippen molar-refractivity contribution < 1.29 is 18.4 Å². The Kier molecular flexibility index (Phi) is 3.74. The molecule has 7 nitrogen and oxygen atoms in total. The van der Waals surface area contributed by atoms with E-state index in [1.165, 1.54) is 6.07 Å². The monoisotopic (exact) mass is 346 g/mol. The number of anilines is 1. The lowest BCUT2D eigenvalue weighted by atomic mass is 10.3. The molecule has 1 aromatic carbocycles. The van der Waals surface area contributed by atoms with E-state index in [1.807, 2.05) is 0 Å². The highest BCUT2D eigenvalue weighted by Crippen LogP contribution is 2.29. The van der Waals surface area contributed by atoms with E-state index in [0.29, 0.717) is 12.1 Å². The fourth-order valence-electron chi connectivity index (χ4n) is 1.29. The maximum atomic E-state index is 13.6. The number of halogens is 3. The van der Waals surface area contributed by atoms with Gasteiger partial charge in [-0.3, -0.25) is 10.1 Å². The average molecular weight is 347 g/mol. The van der Waals surface area contributed by atoms with Gasteiger partial charge in [0.1, 0.15) is 10.4 Å². The van der Waals surface area contributed by atoms with Crippen LogP contribution in [0.1, 0.15) is 0 Å². The van der Waals surface area contributed by atoms with Crippen LogP contribution in [0, 0.1) is 21.7 Å². The summed E-state index contributed by atoms with van der Waals surface area (Å²) in [5.41, 5.74) is 4.43. The Bertz CT molecular complexity index is 678. The van der Waals surface area contributed by atoms with E-state index in [9.17, 15) is 18.9 Å². The minimum Gasteiger partial charge on any atom is -0.421 e. The standard InChI is InChI=1S/C10H5BrF2N4O3/c11-8-3-9(14)16-10(15-8)20-7-2-4(12)6(17(18)19)1-5(7)13/h1-3H,(H2,14,15,16). The molecule has 0 saturated carbocycles. The Morgan fingerprint density at radius 2 is 1.95 bits per heavy atom. The van der Waals surface area contributed by atoms with Gasteiger partial charge in [0.25, 0.3) is 0 Å². The first-order valence-electron chi connectivity index (χ1n) is 4.98. The van der Waals surface area contributed by atoms with Crippen molar-refractivity contribution in [1.82, 2.24) is 9.97 Å². The van der Waals surface area contributed by atoms with E-state index < -0.39 is 28.0 Å². The molecule has 0 amide bonds. The molecular weight excluding hydrogens is 342 g/mol. The van der Waals surface area contributed by atoms with Crippen molar-refractivity contribution in [1.29, 1.82) is 0 Å². The molecule has 1 heterocycles. The molecule has 0 spiro atoms. The molecule has 0 radical (unpaired) electrons. The van der Waals surface area contributed by atoms with Crippen LogP contribution in [0.3, 0.4) is 0 Å². The van der Waals surface area contributed by atoms with Gasteiger partial charge in [0.05, 0.1) is 11.0 Å². The first kappa shape index (κ1) is 14.1. The quantitative estimate of drug-likeness (QED) is 0.520. The third-order valence-electron chi connectivity index (χ3n) is 2.09. The molecule has 0 atom stereocenters. The zero-order valence-corrected chi connectivity index (χ0v) is 11.1. The van der Waals surface area contributed by atoms with Crippen LogP contribution in [0.25, 0.3) is 0 Å². The van der Waals surface area contributed by atoms with Gasteiger partial charge in [-0.2, -0.15) is 14.4 Å². The number of ether oxygens (including phenoxy) is 1. The van der Waals surface area contributed by atoms with E-state index in [1.54, 1.807) is 0 Å². The maximum Gasteiger partial charge on any atom is 0.325 e. The Labute approximate surface area is 118 Å². The molecule has 0 fully saturated rings. The highest BCUT2D eigenvalue weighted by Gasteiger charge is 2.20. The maximum absolute atomic E-state index is 13.6. The topological polar surface area (TPSA) is 104 Å². The Morgan fingerprint density at radius 3 is 2.55 bits per heavy atom. The summed E-state index contributed by atoms with van der Waals surface area (Å²) in [5.74, 6) is -2.91. The van der Waals surface area contributed by atoms with Gasteiger partial charge in [-0.25, -0.2) is 4.39 Å². The van der Waals surface area contributed by atoms with Crippen molar-refractivity contribution >= 4 is 27.4 Å². The van der Waals surface area contributed by atoms with E-state index in [0.717, 1.165) is 0 Å². The number of nitro groups is 1. The fraction of sp³-hybridized carbons (Fsp3) is 0. The summed E-state index contributed by atoms with van der Waals surface area (Å²) in [6, 6.07) is 1.99. The molecule has 2 rings (SSSR count). The number of hydrogen-bond acceptors (Lipinski definition) is 6. The summed E-state index contributed by atoms with van der Waals surface area (Å²) in [5, 5.41) is 10.4. The van der Waals surface area contributed by atoms with Crippen LogP contribution in [0.5, 0.6) is 11.8 Å². The van der Waals surface area contributed by atoms with E-state index in [-0.39, 0.29) is 16.4 Å². The van der Waals surface area contributed by atoms with Gasteiger partial charge in [0, 0.05) is 12.1 Å². The highest BCUT2D eigenvalue weighted by molar-refractivity contribution is 9.10. The minimum atomic E-state index is -1.24. The Morgan fingerprint density at radius 1 is 1.25 bits per heavy atom. The van der Waals surface area contributed by atoms with Crippen LogP contribution in [-0.2, 0) is 0 Å². The number of nitrogen functional groups attached to an aromatic ring is 1. The third kappa shape index (κ3) is 2.96. The number of hydrogen-bond donors (Lipinski definition) is 1. The van der Waals surface area contributed by atoms with Gasteiger partial charge in [-0.1, -0.05) is 0 Å². The van der Waals surface area contributed by atoms with Crippen LogP contribution in [0.15, 0.2) is 22.8 Å². The number of nitrogens with two attached hydrogens (primary N) is 1. The molecule has 2 N–H and O–H groups in total. The summed E-state index contributed by atoms with van der Waals surface area (Å²) in [4.78, 5) is 16.8. The van der Waals surface area contributed by atoms with Crippen molar-refractivity contribution in [3.63, 3.8) is 0 Å². The molecule has 0 unspecified atom stereocenters. The lowest BCUT2D eigenvalue weighted by molar-refractivity contribution is -0.387. The fourth-order valence-corrected chi connectivity index (χ4v) is 1.68. The third-order valence-corrected chi connectivity index (χ3v) is 2.50. The van der Waals surface area contributed by atoms with Crippen LogP contribution < -0.4 is 10.5 Å². The summed E-state index contributed by atoms with van der Waals surface area (Å²) >= 11 is 3.02. The predicted molar refractivity (Wildman–Crippen MR) is 67.2 cm³/mol. The van der Waals surface area contributed by atoms with Gasteiger partial charge in [0.15, 0.2) is 11.6 Å². The van der Waals surface area contributed by atoms with Crippen LogP contribution in [0.4, 0.5) is 20.3 Å². The SMILES string of the molecule is Nc1cc(Br)nc(Oc2cc(F)c([N+](=O)[O-])cc2F)n1. The number of rotatable bonds is 3. The molecule has 0 aliphatic heterocycles. The molecule has 1 aromatic heterocycles. The van der Waals surface area contributed by atoms with Crippen LogP contribution >= 0.6 is 15.9 Å². The lowest BCUT2D eigenvalue weighted by Crippen LogP contribution is -2.00. The zero-order chi connectivity index (χ0) is 14.9. The van der Waals surface area contributed by atoms with E-state index in [2.05, 4.69) is 25.9 Å². The largest absolute Gasteiger partial charge is 0.421 e. The van der Waals surface area contributed by atoms with Gasteiger partial charge >= 0.3 is 11.7 Å². The van der Waals surface area contributed by atoms with Crippen LogP contribution in [0.2, 0.25) is 0 Å². The number of benzene rings is 1. The average Bonchev–Trinajstić information content (AvgIpc) is 2.31. The van der Waals surface area contributed by atoms with E-state index >= 15 is 0 Å². The number of aromatic nitrogens is 2. The predicted octanol–water partition coefficient (Wildman–Crippen LogP) is 2.80. The van der Waals surface area contributed by atoms with Crippen molar-refractivity contribution in [3.05, 3.63) is 44.6 Å². The molecular formula is C10H5BrF2N4O3. The molecule has 2 aromatic rings. The first-order valence-corrected chi connectivity index (χ1v) is 5.77. The number of nitro benzene ring substituents is 1. The smallest absolute Gasteiger partial charge is 0.325 e. The van der Waals surface area contributed by atoms with Gasteiger partial charge in [0.2, 0.25) is 5.82 Å². The molecule has 20 heavy (non-hydrogen) atoms. The second kappa shape index (κ2) is 5.33. The molecule has 0 aliphatic carbocycles. The summed E-state index contributed by atoms with van der Waals surface area (Å²) < 4.78 is 32.2. The van der Waals surface area contributed by atoms with Gasteiger partial charge in [-0.15, -0.1) is 0 Å². The highest BCUT2D eigenvalue weighted by atomic mass is 79.9. The minimum absolute atomic E-state index is 0.0460. The molecule has 104 valence electrons. The molecule has 0 saturated heterocycles. The van der Waals surface area contributed by atoms with Gasteiger partial charge < -0.3 is 10.5 Å². The second-order valence-corrected chi connectivity index (χ2v) is 4.30. The zero-order valence-electron chi connectivity index (χ0n) is 9.51. The van der Waals surface area contributed by atoms with E-state index in [4.69, 9.17) is 10.5 Å². The van der Waals surface area contributed by atoms with Gasteiger partial charge in [-0.05, 0) is 15.9 Å². The lowest BCUT2D eigenvalue weighted by Gasteiger charge is -2.06. The normalized spacial score (nSPS) is 10.3. The Balaban J connectivity index is 2.39. The summed E-state index contributed by atoms with van der Waals surface area (Å²) in [7, 11) is 0. The first-order chi connectivity index (χ1) is 9.36. The van der Waals surface area contributed by atoms with Crippen LogP contribution in [-0.4, -0.2) is 14.9 Å². The molecule has 0 bridgehead atoms. The summed E-state index contributed by atoms with van der Waals surface area (Å²) in [6.07, 6.45) is 0. The molecule has 10 heteroatoms. The summed E-state index contributed by atoms with van der Waals surface area (Å²) in [6.45, 7) is 0. The van der Waals surface area contributed by atoms with Crippen molar-refractivity contribution in [2.24, 2.45) is 0 Å². The van der Waals surface area contributed by atoms with Crippen molar-refractivity contribution in [2.75, 3.05) is 5.73 Å². The van der Waals surface area contributed by atoms with Crippen molar-refractivity contribution in [2.45, 2.75) is 0 Å². The molecule has 0 aliphatic rings. The second-order valence-electron chi connectivity index (χ2n) is 3.49. The Hall–Kier alpha value is -2.36. The number of nitrogens with zero attached hydrogens (tertiary/aromatic N) is 3. The van der Waals surface area contributed by atoms with Crippen molar-refractivity contribution in [3.8, 4) is 11.8 Å².